The van der Waals surface area contributed by atoms with Crippen LogP contribution >= 0.6 is 0 Å². The number of nitrogens with two attached hydrogens (primary N) is 1. The van der Waals surface area contributed by atoms with Gasteiger partial charge in [-0.25, -0.2) is 4.68 Å². The molecule has 1 heterocycles. The lowest BCUT2D eigenvalue weighted by molar-refractivity contribution is 0.871. The average Bonchev–Trinajstić information content (AvgIpc) is 3.15. The Bertz CT molecular complexity index is 724. The number of nitrogens with zero attached hydrogens (tertiary/aromatic N) is 3. The van der Waals surface area contributed by atoms with Crippen LogP contribution in [0.5, 0.6) is 0 Å². The van der Waals surface area contributed by atoms with Crippen LogP contribution in [0.1, 0.15) is 35.1 Å². The second-order valence-electron chi connectivity index (χ2n) is 5.80. The minimum Gasteiger partial charge on any atom is -0.382 e. The summed E-state index contributed by atoms with van der Waals surface area (Å²) >= 11 is 0. The summed E-state index contributed by atoms with van der Waals surface area (Å²) < 4.78 is 1.69. The second-order valence-corrected chi connectivity index (χ2v) is 5.80. The monoisotopic (exact) mass is 281 g/mol. The maximum atomic E-state index is 9.35. The van der Waals surface area contributed by atoms with E-state index in [-0.39, 0.29) is 0 Å². The average molecular weight is 281 g/mol. The van der Waals surface area contributed by atoms with Gasteiger partial charge in [-0.3, -0.25) is 0 Å². The van der Waals surface area contributed by atoms with E-state index in [1.54, 1.807) is 4.68 Å². The molecule has 5 heteroatoms. The highest BCUT2D eigenvalue weighted by atomic mass is 15.4. The van der Waals surface area contributed by atoms with Crippen molar-refractivity contribution in [3.05, 3.63) is 34.4 Å². The molecule has 1 aromatic carbocycles. The minimum atomic E-state index is 0.399. The molecule has 108 valence electrons. The summed E-state index contributed by atoms with van der Waals surface area (Å²) in [7, 11) is 0. The molecular weight excluding hydrogens is 262 g/mol. The molecule has 3 N–H and O–H groups in total. The van der Waals surface area contributed by atoms with Crippen molar-refractivity contribution in [3.8, 4) is 11.8 Å². The highest BCUT2D eigenvalue weighted by molar-refractivity contribution is 5.68. The molecule has 5 nitrogen and oxygen atoms in total. The Hall–Kier alpha value is -2.48. The van der Waals surface area contributed by atoms with E-state index < -0.39 is 0 Å². The summed E-state index contributed by atoms with van der Waals surface area (Å²) in [5, 5.41) is 17.2. The Morgan fingerprint density at radius 3 is 2.43 bits per heavy atom. The summed E-state index contributed by atoms with van der Waals surface area (Å²) in [5.74, 6) is 0.993. The summed E-state index contributed by atoms with van der Waals surface area (Å²) in [6, 6.07) is 6.80. The molecule has 0 spiro atoms. The van der Waals surface area contributed by atoms with Gasteiger partial charge >= 0.3 is 0 Å². The molecule has 0 saturated heterocycles. The molecule has 3 rings (SSSR count). The van der Waals surface area contributed by atoms with E-state index >= 15 is 0 Å². The highest BCUT2D eigenvalue weighted by Crippen LogP contribution is 2.31. The lowest BCUT2D eigenvalue weighted by atomic mass is 10.1. The smallest absolute Gasteiger partial charge is 0.168 e. The Balaban J connectivity index is 2.15. The van der Waals surface area contributed by atoms with Crippen molar-refractivity contribution in [2.24, 2.45) is 0 Å². The zero-order valence-corrected chi connectivity index (χ0v) is 12.6. The van der Waals surface area contributed by atoms with Gasteiger partial charge in [-0.1, -0.05) is 17.7 Å². The van der Waals surface area contributed by atoms with Crippen molar-refractivity contribution in [1.29, 1.82) is 5.26 Å². The summed E-state index contributed by atoms with van der Waals surface area (Å²) in [6.07, 6.45) is 2.25. The molecule has 0 bridgehead atoms. The number of aryl methyl sites for hydroxylation is 3. The fourth-order valence-electron chi connectivity index (χ4n) is 2.74. The van der Waals surface area contributed by atoms with Gasteiger partial charge in [0, 0.05) is 6.04 Å². The molecule has 1 aliphatic carbocycles. The van der Waals surface area contributed by atoms with Gasteiger partial charge in [0.05, 0.1) is 5.69 Å². The Kier molecular flexibility index (Phi) is 3.09. The first kappa shape index (κ1) is 13.5. The Morgan fingerprint density at radius 2 is 1.90 bits per heavy atom. The predicted molar refractivity (Wildman–Crippen MR) is 83.5 cm³/mol. The van der Waals surface area contributed by atoms with Crippen molar-refractivity contribution in [2.75, 3.05) is 11.1 Å². The van der Waals surface area contributed by atoms with Crippen molar-refractivity contribution in [1.82, 2.24) is 9.78 Å². The fourth-order valence-corrected chi connectivity index (χ4v) is 2.74. The molecule has 1 aromatic heterocycles. The predicted octanol–water partition coefficient (Wildman–Crippen LogP) is 2.83. The van der Waals surface area contributed by atoms with Gasteiger partial charge in [-0.05, 0) is 44.7 Å². The van der Waals surface area contributed by atoms with Crippen molar-refractivity contribution < 1.29 is 0 Å². The molecular formula is C16H19N5. The third-order valence-corrected chi connectivity index (χ3v) is 3.80. The SMILES string of the molecule is Cc1cc(C)c(-n2nc(NC3CC3)c(C#N)c2N)c(C)c1. The van der Waals surface area contributed by atoms with Gasteiger partial charge in [0.15, 0.2) is 5.82 Å². The molecule has 1 aliphatic rings. The van der Waals surface area contributed by atoms with Gasteiger partial charge in [-0.15, -0.1) is 5.10 Å². The van der Waals surface area contributed by atoms with Crippen LogP contribution in [0.15, 0.2) is 12.1 Å². The number of rotatable bonds is 3. The first-order valence-corrected chi connectivity index (χ1v) is 7.14. The standard InChI is InChI=1S/C16H19N5/c1-9-6-10(2)14(11(3)7-9)21-15(18)13(8-17)16(20-21)19-12-4-5-12/h6-7,12H,4-5,18H2,1-3H3,(H,19,20). The van der Waals surface area contributed by atoms with Crippen LogP contribution in [-0.2, 0) is 0 Å². The topological polar surface area (TPSA) is 79.7 Å². The fraction of sp³-hybridized carbons (Fsp3) is 0.375. The zero-order valence-electron chi connectivity index (χ0n) is 12.6. The number of nitrogen functional groups attached to an aromatic ring is 1. The Labute approximate surface area is 124 Å². The van der Waals surface area contributed by atoms with E-state index in [0.717, 1.165) is 29.7 Å². The number of hydrogen-bond acceptors (Lipinski definition) is 4. The van der Waals surface area contributed by atoms with Crippen LogP contribution in [0.25, 0.3) is 5.69 Å². The number of benzene rings is 1. The third-order valence-electron chi connectivity index (χ3n) is 3.80. The molecule has 2 aromatic rings. The van der Waals surface area contributed by atoms with Gasteiger partial charge in [0.1, 0.15) is 17.5 Å². The van der Waals surface area contributed by atoms with E-state index in [1.165, 1.54) is 5.56 Å². The number of aromatic nitrogens is 2. The molecule has 1 saturated carbocycles. The quantitative estimate of drug-likeness (QED) is 0.906. The Morgan fingerprint density at radius 1 is 1.29 bits per heavy atom. The van der Waals surface area contributed by atoms with Crippen LogP contribution in [0.3, 0.4) is 0 Å². The first-order valence-electron chi connectivity index (χ1n) is 7.14. The van der Waals surface area contributed by atoms with Gasteiger partial charge in [-0.2, -0.15) is 5.26 Å². The molecule has 1 fully saturated rings. The van der Waals surface area contributed by atoms with Gasteiger partial charge in [0.25, 0.3) is 0 Å². The minimum absolute atomic E-state index is 0.399. The maximum Gasteiger partial charge on any atom is 0.168 e. The lowest BCUT2D eigenvalue weighted by Crippen LogP contribution is -2.07. The number of hydrogen-bond donors (Lipinski definition) is 2. The largest absolute Gasteiger partial charge is 0.382 e. The summed E-state index contributed by atoms with van der Waals surface area (Å²) in [4.78, 5) is 0. The highest BCUT2D eigenvalue weighted by Gasteiger charge is 2.26. The van der Waals surface area contributed by atoms with Crippen LogP contribution in [0, 0.1) is 32.1 Å². The molecule has 21 heavy (non-hydrogen) atoms. The van der Waals surface area contributed by atoms with E-state index in [2.05, 4.69) is 35.5 Å². The van der Waals surface area contributed by atoms with Gasteiger partial charge in [0.2, 0.25) is 0 Å². The molecule has 0 radical (unpaired) electrons. The molecule has 0 atom stereocenters. The lowest BCUT2D eigenvalue weighted by Gasteiger charge is -2.12. The van der Waals surface area contributed by atoms with Crippen molar-refractivity contribution in [2.45, 2.75) is 39.7 Å². The summed E-state index contributed by atoms with van der Waals surface area (Å²) in [6.45, 7) is 6.14. The third kappa shape index (κ3) is 2.33. The normalized spacial score (nSPS) is 14.0. The van der Waals surface area contributed by atoms with E-state index in [4.69, 9.17) is 5.73 Å². The van der Waals surface area contributed by atoms with E-state index in [1.807, 2.05) is 13.8 Å². The second kappa shape index (κ2) is 4.81. The van der Waals surface area contributed by atoms with Crippen LogP contribution in [0.2, 0.25) is 0 Å². The van der Waals surface area contributed by atoms with Crippen molar-refractivity contribution >= 4 is 11.6 Å². The van der Waals surface area contributed by atoms with Crippen molar-refractivity contribution in [3.63, 3.8) is 0 Å². The number of anilines is 2. The number of nitriles is 1. The zero-order chi connectivity index (χ0) is 15.1. The van der Waals surface area contributed by atoms with Crippen LogP contribution < -0.4 is 11.1 Å². The van der Waals surface area contributed by atoms with E-state index in [9.17, 15) is 5.26 Å². The maximum absolute atomic E-state index is 9.35. The van der Waals surface area contributed by atoms with E-state index in [0.29, 0.717) is 23.2 Å². The van der Waals surface area contributed by atoms with Crippen LogP contribution in [0.4, 0.5) is 11.6 Å². The molecule has 0 unspecified atom stereocenters. The van der Waals surface area contributed by atoms with Gasteiger partial charge < -0.3 is 11.1 Å². The summed E-state index contributed by atoms with van der Waals surface area (Å²) in [5.41, 5.74) is 11.0. The van der Waals surface area contributed by atoms with Crippen LogP contribution in [-0.4, -0.2) is 15.8 Å². The molecule has 0 amide bonds. The number of nitrogens with one attached hydrogen (secondary N) is 1. The first-order chi connectivity index (χ1) is 10.0. The molecule has 0 aliphatic heterocycles.